The van der Waals surface area contributed by atoms with Gasteiger partial charge in [0, 0.05) is 12.8 Å². The minimum Gasteiger partial charge on any atom is -0.459 e. The molecule has 1 atom stereocenters. The number of rotatable bonds is 2. The molecule has 0 amide bonds. The number of fused-ring (bicyclic) bond motifs is 1. The molecule has 0 N–H and O–H groups in total. The average Bonchev–Trinajstić information content (AvgIpc) is 2.57. The third-order valence-corrected chi connectivity index (χ3v) is 4.20. The molecule has 1 aromatic carbocycles. The molecule has 0 aromatic heterocycles. The third-order valence-electron chi connectivity index (χ3n) is 4.20. The second-order valence-corrected chi connectivity index (χ2v) is 6.70. The summed E-state index contributed by atoms with van der Waals surface area (Å²) in [4.78, 5) is 18.1. The number of carbonyl (C=O) groups excluding carboxylic acids is 1. The molecular formula is C22H29NO3. The summed E-state index contributed by atoms with van der Waals surface area (Å²) in [6.07, 6.45) is 11.3. The molecule has 1 aliphatic rings. The Bertz CT molecular complexity index is 716. The smallest absolute Gasteiger partial charge is 0.338 e. The molecule has 4 nitrogen and oxygen atoms in total. The molecule has 0 fully saturated rings. The van der Waals surface area contributed by atoms with Gasteiger partial charge in [0.15, 0.2) is 0 Å². The van der Waals surface area contributed by atoms with E-state index >= 15 is 0 Å². The van der Waals surface area contributed by atoms with Crippen LogP contribution in [0.2, 0.25) is 0 Å². The van der Waals surface area contributed by atoms with E-state index in [0.29, 0.717) is 18.6 Å². The fourth-order valence-corrected chi connectivity index (χ4v) is 3.06. The highest BCUT2D eigenvalue weighted by Gasteiger charge is 2.19. The number of oxime groups is 1. The van der Waals surface area contributed by atoms with Gasteiger partial charge in [-0.25, -0.2) is 4.79 Å². The van der Waals surface area contributed by atoms with Crippen molar-refractivity contribution < 1.29 is 14.4 Å². The Balaban J connectivity index is 2.45. The first-order valence-electron chi connectivity index (χ1n) is 9.32. The van der Waals surface area contributed by atoms with Gasteiger partial charge in [0.1, 0.15) is 12.7 Å². The number of carbonyl (C=O) groups is 1. The van der Waals surface area contributed by atoms with E-state index < -0.39 is 0 Å². The molecule has 0 saturated heterocycles. The Morgan fingerprint density at radius 1 is 1.19 bits per heavy atom. The van der Waals surface area contributed by atoms with Crippen LogP contribution in [0.1, 0.15) is 60.2 Å². The second-order valence-electron chi connectivity index (χ2n) is 6.70. The van der Waals surface area contributed by atoms with Crippen molar-refractivity contribution in [2.45, 2.75) is 59.5 Å². The molecule has 26 heavy (non-hydrogen) atoms. The Kier molecular flexibility index (Phi) is 7.64. The lowest BCUT2D eigenvalue weighted by Gasteiger charge is -2.17. The van der Waals surface area contributed by atoms with Crippen LogP contribution in [0.5, 0.6) is 0 Å². The van der Waals surface area contributed by atoms with Crippen LogP contribution in [0.15, 0.2) is 41.6 Å². The molecule has 140 valence electrons. The van der Waals surface area contributed by atoms with Crippen molar-refractivity contribution in [1.29, 1.82) is 0 Å². The molecule has 1 unspecified atom stereocenters. The van der Waals surface area contributed by atoms with Gasteiger partial charge < -0.3 is 9.57 Å². The van der Waals surface area contributed by atoms with Gasteiger partial charge in [0.05, 0.1) is 11.3 Å². The largest absolute Gasteiger partial charge is 0.459 e. The predicted molar refractivity (Wildman–Crippen MR) is 106 cm³/mol. The van der Waals surface area contributed by atoms with Gasteiger partial charge in [-0.2, -0.15) is 0 Å². The first-order chi connectivity index (χ1) is 12.5. The van der Waals surface area contributed by atoms with E-state index in [1.807, 2.05) is 45.9 Å². The summed E-state index contributed by atoms with van der Waals surface area (Å²) in [5.41, 5.74) is 4.42. The molecule has 4 heteroatoms. The molecule has 0 spiro atoms. The van der Waals surface area contributed by atoms with Crippen molar-refractivity contribution in [1.82, 2.24) is 0 Å². The van der Waals surface area contributed by atoms with E-state index in [0.717, 1.165) is 41.7 Å². The van der Waals surface area contributed by atoms with Crippen LogP contribution < -0.4 is 0 Å². The molecular weight excluding hydrogens is 326 g/mol. The normalized spacial score (nSPS) is 22.8. The maximum atomic E-state index is 12.8. The lowest BCUT2D eigenvalue weighted by Crippen LogP contribution is -2.18. The minimum atomic E-state index is -0.268. The first kappa shape index (κ1) is 20.0. The molecule has 1 aromatic rings. The van der Waals surface area contributed by atoms with Gasteiger partial charge in [-0.1, -0.05) is 41.1 Å². The Labute approximate surface area is 156 Å². The van der Waals surface area contributed by atoms with Crippen LogP contribution in [0.25, 0.3) is 0 Å². The highest BCUT2D eigenvalue weighted by atomic mass is 16.6. The monoisotopic (exact) mass is 355 g/mol. The Hall–Kier alpha value is -2.36. The third kappa shape index (κ3) is 5.87. The summed E-state index contributed by atoms with van der Waals surface area (Å²) >= 11 is 0. The van der Waals surface area contributed by atoms with Gasteiger partial charge in [0.2, 0.25) is 0 Å². The predicted octanol–water partition coefficient (Wildman–Crippen LogP) is 5.08. The maximum Gasteiger partial charge on any atom is 0.338 e. The number of hydrogen-bond donors (Lipinski definition) is 0. The Morgan fingerprint density at radius 2 is 1.96 bits per heavy atom. The van der Waals surface area contributed by atoms with Crippen LogP contribution in [0.4, 0.5) is 0 Å². The fraction of sp³-hybridized carbons (Fsp3) is 0.455. The highest BCUT2D eigenvalue weighted by Crippen LogP contribution is 2.21. The fourth-order valence-electron chi connectivity index (χ4n) is 3.06. The molecule has 0 aliphatic carbocycles. The molecule has 0 saturated carbocycles. The van der Waals surface area contributed by atoms with Crippen molar-refractivity contribution in [2.24, 2.45) is 5.16 Å². The van der Waals surface area contributed by atoms with Gasteiger partial charge in [-0.05, 0) is 57.7 Å². The molecule has 1 heterocycles. The molecule has 2 rings (SSSR count). The number of cyclic esters (lactones) is 1. The van der Waals surface area contributed by atoms with Gasteiger partial charge in [0.25, 0.3) is 0 Å². The summed E-state index contributed by atoms with van der Waals surface area (Å²) in [7, 11) is 0. The number of allylic oxidation sites excluding steroid dienone is 3. The molecule has 0 radical (unpaired) electrons. The van der Waals surface area contributed by atoms with Crippen molar-refractivity contribution in [2.75, 3.05) is 6.61 Å². The van der Waals surface area contributed by atoms with E-state index in [1.165, 1.54) is 0 Å². The number of benzene rings is 1. The van der Waals surface area contributed by atoms with Crippen molar-refractivity contribution in [3.05, 3.63) is 58.7 Å². The zero-order valence-electron chi connectivity index (χ0n) is 16.2. The van der Waals surface area contributed by atoms with E-state index in [-0.39, 0.29) is 12.1 Å². The minimum absolute atomic E-state index is 0.151. The van der Waals surface area contributed by atoms with Gasteiger partial charge in [-0.15, -0.1) is 0 Å². The summed E-state index contributed by atoms with van der Waals surface area (Å²) in [5.74, 6) is -0.268. The Morgan fingerprint density at radius 3 is 2.73 bits per heavy atom. The van der Waals surface area contributed by atoms with Gasteiger partial charge >= 0.3 is 5.97 Å². The van der Waals surface area contributed by atoms with Crippen LogP contribution in [0, 0.1) is 13.8 Å². The summed E-state index contributed by atoms with van der Waals surface area (Å²) in [6, 6.07) is 4.05. The lowest BCUT2D eigenvalue weighted by atomic mass is 9.95. The number of ether oxygens (including phenoxy) is 1. The van der Waals surface area contributed by atoms with Crippen LogP contribution in [-0.4, -0.2) is 24.4 Å². The number of aryl methyl sites for hydroxylation is 2. The van der Waals surface area contributed by atoms with Crippen LogP contribution >= 0.6 is 0 Å². The summed E-state index contributed by atoms with van der Waals surface area (Å²) in [5, 5.41) is 4.23. The number of esters is 1. The SMILES string of the molecule is CCON=C1/C=C/CC/C=C/CC(C)OC(=O)c2c(C)cc(C)cc2C1. The second kappa shape index (κ2) is 9.95. The average molecular weight is 355 g/mol. The topological polar surface area (TPSA) is 47.9 Å². The van der Waals surface area contributed by atoms with E-state index in [9.17, 15) is 4.79 Å². The zero-order valence-corrected chi connectivity index (χ0v) is 16.2. The van der Waals surface area contributed by atoms with Crippen LogP contribution in [0.3, 0.4) is 0 Å². The van der Waals surface area contributed by atoms with Crippen molar-refractivity contribution >= 4 is 11.7 Å². The zero-order chi connectivity index (χ0) is 18.9. The number of hydrogen-bond acceptors (Lipinski definition) is 4. The number of nitrogens with zero attached hydrogens (tertiary/aromatic N) is 1. The van der Waals surface area contributed by atoms with Crippen molar-refractivity contribution in [3.63, 3.8) is 0 Å². The lowest BCUT2D eigenvalue weighted by molar-refractivity contribution is 0.0346. The van der Waals surface area contributed by atoms with Crippen molar-refractivity contribution in [3.8, 4) is 0 Å². The summed E-state index contributed by atoms with van der Waals surface area (Å²) in [6.45, 7) is 8.34. The quantitative estimate of drug-likeness (QED) is 0.422. The van der Waals surface area contributed by atoms with E-state index in [1.54, 1.807) is 0 Å². The van der Waals surface area contributed by atoms with Gasteiger partial charge in [-0.3, -0.25) is 0 Å². The first-order valence-corrected chi connectivity index (χ1v) is 9.32. The van der Waals surface area contributed by atoms with E-state index in [2.05, 4.69) is 23.4 Å². The standard InChI is InChI=1S/C22H29NO3/c1-5-25-23-20-12-10-8-6-7-9-11-18(4)26-22(24)21-17(3)13-16(2)14-19(21)15-20/h7,9-10,12-14,18H,5-6,8,11,15H2,1-4H3/b9-7+,12-10+,23-20?. The molecule has 1 aliphatic heterocycles. The maximum absolute atomic E-state index is 12.8. The molecule has 0 bridgehead atoms. The summed E-state index contributed by atoms with van der Waals surface area (Å²) < 4.78 is 5.68. The highest BCUT2D eigenvalue weighted by molar-refractivity contribution is 5.99. The van der Waals surface area contributed by atoms with Crippen LogP contribution in [-0.2, 0) is 16.0 Å². The van der Waals surface area contributed by atoms with E-state index in [4.69, 9.17) is 9.57 Å².